The van der Waals surface area contributed by atoms with E-state index in [1.54, 1.807) is 0 Å². The Balaban J connectivity index is 1.99. The van der Waals surface area contributed by atoms with E-state index >= 15 is 0 Å². The van der Waals surface area contributed by atoms with Crippen LogP contribution in [-0.4, -0.2) is 36.9 Å². The minimum absolute atomic E-state index is 0.0227. The van der Waals surface area contributed by atoms with Crippen LogP contribution in [0, 0.1) is 0 Å². The summed E-state index contributed by atoms with van der Waals surface area (Å²) in [5.74, 6) is -0.154. The van der Waals surface area contributed by atoms with Gasteiger partial charge in [-0.3, -0.25) is 4.79 Å². The van der Waals surface area contributed by atoms with Crippen molar-refractivity contribution in [3.05, 3.63) is 18.0 Å². The highest BCUT2D eigenvalue weighted by Gasteiger charge is 2.29. The fourth-order valence-corrected chi connectivity index (χ4v) is 3.39. The highest BCUT2D eigenvalue weighted by atomic mass is 32.2. The summed E-state index contributed by atoms with van der Waals surface area (Å²) in [7, 11) is -2.97. The molecular formula is C9H13N3O3S. The quantitative estimate of drug-likeness (QED) is 0.652. The van der Waals surface area contributed by atoms with Crippen molar-refractivity contribution in [2.24, 2.45) is 0 Å². The third-order valence-electron chi connectivity index (χ3n) is 2.52. The van der Waals surface area contributed by atoms with Gasteiger partial charge in [-0.2, -0.15) is 0 Å². The summed E-state index contributed by atoms with van der Waals surface area (Å²) in [6.07, 6.45) is 1.99. The first-order valence-electron chi connectivity index (χ1n) is 4.91. The van der Waals surface area contributed by atoms with E-state index in [9.17, 15) is 13.2 Å². The fourth-order valence-electron chi connectivity index (χ4n) is 1.71. The first-order valence-corrected chi connectivity index (χ1v) is 6.73. The predicted octanol–water partition coefficient (Wildman–Crippen LogP) is -0.486. The van der Waals surface area contributed by atoms with E-state index in [0.29, 0.717) is 17.8 Å². The van der Waals surface area contributed by atoms with Gasteiger partial charge in [-0.15, -0.1) is 0 Å². The zero-order valence-electron chi connectivity index (χ0n) is 8.56. The molecule has 88 valence electrons. The smallest absolute Gasteiger partial charge is 0.268 e. The second-order valence-electron chi connectivity index (χ2n) is 3.92. The molecule has 1 aromatic heterocycles. The molecule has 4 N–H and O–H groups in total. The molecule has 1 atom stereocenters. The van der Waals surface area contributed by atoms with Crippen LogP contribution in [-0.2, 0) is 9.84 Å². The van der Waals surface area contributed by atoms with Gasteiger partial charge in [0.25, 0.3) is 5.91 Å². The number of hydrogen-bond acceptors (Lipinski definition) is 4. The van der Waals surface area contributed by atoms with Crippen LogP contribution in [0.2, 0.25) is 0 Å². The Morgan fingerprint density at radius 3 is 2.81 bits per heavy atom. The Labute approximate surface area is 93.1 Å². The molecule has 2 rings (SSSR count). The topological polar surface area (TPSA) is 105 Å². The van der Waals surface area contributed by atoms with Gasteiger partial charge in [-0.25, -0.2) is 8.42 Å². The Morgan fingerprint density at radius 2 is 2.31 bits per heavy atom. The van der Waals surface area contributed by atoms with E-state index in [2.05, 4.69) is 10.3 Å². The number of nitrogens with one attached hydrogen (secondary N) is 2. The van der Waals surface area contributed by atoms with Crippen molar-refractivity contribution in [2.45, 2.75) is 12.5 Å². The van der Waals surface area contributed by atoms with Gasteiger partial charge in [-0.05, 0) is 12.5 Å². The molecule has 0 aliphatic carbocycles. The lowest BCUT2D eigenvalue weighted by Crippen LogP contribution is -2.35. The maximum atomic E-state index is 11.6. The first-order chi connectivity index (χ1) is 7.46. The van der Waals surface area contributed by atoms with Crippen molar-refractivity contribution in [1.29, 1.82) is 0 Å². The van der Waals surface area contributed by atoms with Crippen molar-refractivity contribution in [2.75, 3.05) is 17.2 Å². The zero-order valence-corrected chi connectivity index (χ0v) is 9.38. The van der Waals surface area contributed by atoms with Crippen LogP contribution in [0.15, 0.2) is 12.3 Å². The third-order valence-corrected chi connectivity index (χ3v) is 4.29. The molecule has 1 aliphatic heterocycles. The number of aromatic amines is 1. The summed E-state index contributed by atoms with van der Waals surface area (Å²) in [4.78, 5) is 14.3. The molecule has 16 heavy (non-hydrogen) atoms. The second-order valence-corrected chi connectivity index (χ2v) is 6.15. The van der Waals surface area contributed by atoms with Gasteiger partial charge in [0.15, 0.2) is 9.84 Å². The zero-order chi connectivity index (χ0) is 11.8. The number of sulfone groups is 1. The molecule has 7 heteroatoms. The van der Waals surface area contributed by atoms with Crippen LogP contribution in [0.5, 0.6) is 0 Å². The number of H-pyrrole nitrogens is 1. The lowest BCUT2D eigenvalue weighted by Gasteiger charge is -2.09. The monoisotopic (exact) mass is 243 g/mol. The number of aromatic nitrogens is 1. The normalized spacial score (nSPS) is 23.1. The van der Waals surface area contributed by atoms with Crippen LogP contribution in [0.1, 0.15) is 16.9 Å². The van der Waals surface area contributed by atoms with Crippen molar-refractivity contribution >= 4 is 21.4 Å². The van der Waals surface area contributed by atoms with Crippen molar-refractivity contribution in [3.8, 4) is 0 Å². The summed E-state index contributed by atoms with van der Waals surface area (Å²) in [6, 6.07) is 1.22. The average Bonchev–Trinajstić information content (AvgIpc) is 2.73. The third kappa shape index (κ3) is 2.35. The summed E-state index contributed by atoms with van der Waals surface area (Å²) < 4.78 is 22.4. The molecule has 1 aromatic rings. The van der Waals surface area contributed by atoms with E-state index in [4.69, 9.17) is 5.73 Å². The molecule has 1 amide bonds. The maximum absolute atomic E-state index is 11.6. The largest absolute Gasteiger partial charge is 0.397 e. The van der Waals surface area contributed by atoms with E-state index in [1.165, 1.54) is 12.3 Å². The number of hydrogen-bond donors (Lipinski definition) is 3. The molecule has 2 heterocycles. The van der Waals surface area contributed by atoms with Crippen LogP contribution in [0.25, 0.3) is 0 Å². The van der Waals surface area contributed by atoms with Gasteiger partial charge in [0.1, 0.15) is 5.69 Å². The standard InChI is InChI=1S/C9H13N3O3S/c10-6-3-8(11-4-6)9(13)12-7-1-2-16(14,15)5-7/h3-4,7,11H,1-2,5,10H2,(H,12,13). The number of nitrogens with two attached hydrogens (primary N) is 1. The Hall–Kier alpha value is -1.50. The SMILES string of the molecule is Nc1c[nH]c(C(=O)NC2CCS(=O)(=O)C2)c1. The predicted molar refractivity (Wildman–Crippen MR) is 59.7 cm³/mol. The molecule has 0 saturated carbocycles. The summed E-state index contributed by atoms with van der Waals surface area (Å²) in [6.45, 7) is 0. The Morgan fingerprint density at radius 1 is 1.56 bits per heavy atom. The highest BCUT2D eigenvalue weighted by molar-refractivity contribution is 7.91. The number of carbonyl (C=O) groups is 1. The van der Waals surface area contributed by atoms with Crippen LogP contribution >= 0.6 is 0 Å². The molecule has 0 aromatic carbocycles. The van der Waals surface area contributed by atoms with Crippen LogP contribution in [0.3, 0.4) is 0 Å². The molecule has 0 spiro atoms. The lowest BCUT2D eigenvalue weighted by atomic mass is 10.2. The second kappa shape index (κ2) is 3.82. The van der Waals surface area contributed by atoms with Gasteiger partial charge >= 0.3 is 0 Å². The average molecular weight is 243 g/mol. The van der Waals surface area contributed by atoms with Gasteiger partial charge in [0.2, 0.25) is 0 Å². The first kappa shape index (κ1) is 11.0. The van der Waals surface area contributed by atoms with Crippen LogP contribution < -0.4 is 11.1 Å². The van der Waals surface area contributed by atoms with Gasteiger partial charge in [0, 0.05) is 17.9 Å². The van der Waals surface area contributed by atoms with Gasteiger partial charge < -0.3 is 16.0 Å². The minimum Gasteiger partial charge on any atom is -0.397 e. The van der Waals surface area contributed by atoms with E-state index in [1.807, 2.05) is 0 Å². The minimum atomic E-state index is -2.97. The highest BCUT2D eigenvalue weighted by Crippen LogP contribution is 2.12. The summed E-state index contributed by atoms with van der Waals surface area (Å²) in [5.41, 5.74) is 6.29. The molecule has 1 unspecified atom stereocenters. The summed E-state index contributed by atoms with van der Waals surface area (Å²) in [5, 5.41) is 2.66. The van der Waals surface area contributed by atoms with Gasteiger partial charge in [-0.1, -0.05) is 0 Å². The maximum Gasteiger partial charge on any atom is 0.268 e. The molecule has 6 nitrogen and oxygen atoms in total. The summed E-state index contributed by atoms with van der Waals surface area (Å²) >= 11 is 0. The number of nitrogen functional groups attached to an aromatic ring is 1. The number of carbonyl (C=O) groups excluding carboxylic acids is 1. The van der Waals surface area contributed by atoms with E-state index in [0.717, 1.165) is 0 Å². The van der Waals surface area contributed by atoms with E-state index < -0.39 is 9.84 Å². The Bertz CT molecular complexity index is 506. The molecule has 0 radical (unpaired) electrons. The van der Waals surface area contributed by atoms with E-state index in [-0.39, 0.29) is 23.5 Å². The molecular weight excluding hydrogens is 230 g/mol. The number of rotatable bonds is 2. The molecule has 1 fully saturated rings. The number of amides is 1. The number of anilines is 1. The van der Waals surface area contributed by atoms with Crippen molar-refractivity contribution in [3.63, 3.8) is 0 Å². The Kier molecular flexibility index (Phi) is 2.63. The molecule has 1 aliphatic rings. The van der Waals surface area contributed by atoms with Crippen LogP contribution in [0.4, 0.5) is 5.69 Å². The lowest BCUT2D eigenvalue weighted by molar-refractivity contribution is 0.0936. The van der Waals surface area contributed by atoms with Gasteiger partial charge in [0.05, 0.1) is 11.5 Å². The van der Waals surface area contributed by atoms with Crippen molar-refractivity contribution in [1.82, 2.24) is 10.3 Å². The molecule has 1 saturated heterocycles. The fraction of sp³-hybridized carbons (Fsp3) is 0.444. The van der Waals surface area contributed by atoms with Crippen molar-refractivity contribution < 1.29 is 13.2 Å². The molecule has 0 bridgehead atoms.